The fraction of sp³-hybridized carbons (Fsp3) is 0.316. The van der Waals surface area contributed by atoms with Gasteiger partial charge in [0.2, 0.25) is 0 Å². The normalized spacial score (nSPS) is 17.4. The van der Waals surface area contributed by atoms with Gasteiger partial charge in [-0.2, -0.15) is 0 Å². The number of piperidine rings is 1. The smallest absolute Gasteiger partial charge is 0.321 e. The van der Waals surface area contributed by atoms with Gasteiger partial charge in [0, 0.05) is 23.8 Å². The predicted molar refractivity (Wildman–Crippen MR) is 96.3 cm³/mol. The van der Waals surface area contributed by atoms with Gasteiger partial charge in [-0.15, -0.1) is 0 Å². The lowest BCUT2D eigenvalue weighted by Gasteiger charge is -2.32. The molecule has 1 atom stereocenters. The number of nitrogens with one attached hydrogen (secondary N) is 1. The van der Waals surface area contributed by atoms with Gasteiger partial charge in [-0.1, -0.05) is 29.8 Å². The summed E-state index contributed by atoms with van der Waals surface area (Å²) in [6.45, 7) is 1.64. The first-order chi connectivity index (χ1) is 12.1. The van der Waals surface area contributed by atoms with Gasteiger partial charge in [0.25, 0.3) is 0 Å². The number of rotatable bonds is 4. The number of amides is 2. The summed E-state index contributed by atoms with van der Waals surface area (Å²) in [5.41, 5.74) is 1.59. The Hall–Kier alpha value is -2.11. The molecule has 0 saturated carbocycles. The van der Waals surface area contributed by atoms with Crippen molar-refractivity contribution in [1.82, 2.24) is 4.90 Å². The van der Waals surface area contributed by atoms with E-state index >= 15 is 0 Å². The first-order valence-electron chi connectivity index (χ1n) is 8.28. The van der Waals surface area contributed by atoms with Crippen LogP contribution < -0.4 is 5.32 Å². The van der Waals surface area contributed by atoms with Crippen LogP contribution >= 0.6 is 11.6 Å². The Balaban J connectivity index is 1.51. The van der Waals surface area contributed by atoms with Gasteiger partial charge in [-0.3, -0.25) is 0 Å². The molecule has 1 N–H and O–H groups in total. The molecule has 0 radical (unpaired) electrons. The van der Waals surface area contributed by atoms with Crippen LogP contribution in [0, 0.1) is 5.82 Å². The third-order valence-corrected chi connectivity index (χ3v) is 4.38. The fourth-order valence-electron chi connectivity index (χ4n) is 2.82. The average Bonchev–Trinajstić information content (AvgIpc) is 2.61. The topological polar surface area (TPSA) is 41.6 Å². The SMILES string of the molecule is O=C(Nc1cccc(Cl)c1)N1CCC[C@@H](OCc2ccc(F)cc2)C1. The van der Waals surface area contributed by atoms with E-state index in [1.165, 1.54) is 12.1 Å². The number of ether oxygens (including phenoxy) is 1. The summed E-state index contributed by atoms with van der Waals surface area (Å²) < 4.78 is 18.8. The number of hydrogen-bond acceptors (Lipinski definition) is 2. The van der Waals surface area contributed by atoms with Crippen LogP contribution in [0.1, 0.15) is 18.4 Å². The summed E-state index contributed by atoms with van der Waals surface area (Å²) in [4.78, 5) is 14.2. The van der Waals surface area contributed by atoms with Crippen molar-refractivity contribution in [2.24, 2.45) is 0 Å². The van der Waals surface area contributed by atoms with Crippen LogP contribution in [0.5, 0.6) is 0 Å². The molecule has 2 aromatic rings. The molecule has 0 bridgehead atoms. The van der Waals surface area contributed by atoms with Crippen LogP contribution in [0.4, 0.5) is 14.9 Å². The van der Waals surface area contributed by atoms with Gasteiger partial charge in [0.1, 0.15) is 5.82 Å². The van der Waals surface area contributed by atoms with Crippen molar-refractivity contribution in [1.29, 1.82) is 0 Å². The number of likely N-dealkylation sites (tertiary alicyclic amines) is 1. The molecule has 132 valence electrons. The van der Waals surface area contributed by atoms with E-state index < -0.39 is 0 Å². The van der Waals surface area contributed by atoms with E-state index in [0.29, 0.717) is 30.4 Å². The molecule has 4 nitrogen and oxygen atoms in total. The average molecular weight is 363 g/mol. The molecule has 1 fully saturated rings. The summed E-state index contributed by atoms with van der Waals surface area (Å²) in [5.74, 6) is -0.259. The summed E-state index contributed by atoms with van der Waals surface area (Å²) in [5, 5.41) is 3.44. The third-order valence-electron chi connectivity index (χ3n) is 4.14. The summed E-state index contributed by atoms with van der Waals surface area (Å²) in [6, 6.07) is 13.2. The molecule has 25 heavy (non-hydrogen) atoms. The minimum Gasteiger partial charge on any atom is -0.372 e. The largest absolute Gasteiger partial charge is 0.372 e. The van der Waals surface area contributed by atoms with E-state index in [2.05, 4.69) is 5.32 Å². The van der Waals surface area contributed by atoms with Crippen LogP contribution in [0.15, 0.2) is 48.5 Å². The Bertz CT molecular complexity index is 724. The number of urea groups is 1. The third kappa shape index (κ3) is 5.18. The van der Waals surface area contributed by atoms with Crippen LogP contribution in [-0.2, 0) is 11.3 Å². The number of carbonyl (C=O) groups is 1. The van der Waals surface area contributed by atoms with E-state index in [1.54, 1.807) is 41.3 Å². The van der Waals surface area contributed by atoms with Crippen molar-refractivity contribution >= 4 is 23.3 Å². The molecule has 3 rings (SSSR count). The van der Waals surface area contributed by atoms with Crippen LogP contribution in [0.2, 0.25) is 5.02 Å². The number of nitrogens with zero attached hydrogens (tertiary/aromatic N) is 1. The minimum atomic E-state index is -0.259. The van der Waals surface area contributed by atoms with Crippen molar-refractivity contribution in [2.75, 3.05) is 18.4 Å². The van der Waals surface area contributed by atoms with Crippen LogP contribution in [-0.4, -0.2) is 30.1 Å². The van der Waals surface area contributed by atoms with Crippen molar-refractivity contribution in [3.8, 4) is 0 Å². The minimum absolute atomic E-state index is 0.0242. The Morgan fingerprint density at radius 3 is 2.84 bits per heavy atom. The highest BCUT2D eigenvalue weighted by Crippen LogP contribution is 2.19. The highest BCUT2D eigenvalue weighted by Gasteiger charge is 2.24. The van der Waals surface area contributed by atoms with Crippen LogP contribution in [0.3, 0.4) is 0 Å². The zero-order valence-electron chi connectivity index (χ0n) is 13.8. The van der Waals surface area contributed by atoms with Crippen molar-refractivity contribution in [3.63, 3.8) is 0 Å². The molecule has 2 amide bonds. The number of carbonyl (C=O) groups excluding carboxylic acids is 1. The predicted octanol–water partition coefficient (Wildman–Crippen LogP) is 4.69. The Morgan fingerprint density at radius 1 is 1.28 bits per heavy atom. The standard InChI is InChI=1S/C19H20ClFN2O2/c20-15-3-1-4-17(11-15)22-19(24)23-10-2-5-18(12-23)25-13-14-6-8-16(21)9-7-14/h1,3-4,6-9,11,18H,2,5,10,12-13H2,(H,22,24)/t18-/m1/s1. The Labute approximate surface area is 151 Å². The van der Waals surface area contributed by atoms with Gasteiger partial charge < -0.3 is 15.0 Å². The maximum absolute atomic E-state index is 12.9. The second-order valence-corrected chi connectivity index (χ2v) is 6.52. The molecule has 1 aliphatic rings. The first kappa shape index (κ1) is 17.7. The molecule has 1 aliphatic heterocycles. The van der Waals surface area contributed by atoms with Crippen molar-refractivity contribution in [2.45, 2.75) is 25.6 Å². The van der Waals surface area contributed by atoms with E-state index in [4.69, 9.17) is 16.3 Å². The molecule has 1 heterocycles. The summed E-state index contributed by atoms with van der Waals surface area (Å²) in [6.07, 6.45) is 1.77. The molecule has 6 heteroatoms. The first-order valence-corrected chi connectivity index (χ1v) is 8.65. The van der Waals surface area contributed by atoms with E-state index in [-0.39, 0.29) is 18.0 Å². The molecular formula is C19H20ClFN2O2. The molecule has 0 unspecified atom stereocenters. The quantitative estimate of drug-likeness (QED) is 0.857. The van der Waals surface area contributed by atoms with Gasteiger partial charge in [-0.05, 0) is 48.7 Å². The Kier molecular flexibility index (Phi) is 5.89. The lowest BCUT2D eigenvalue weighted by Crippen LogP contribution is -2.45. The summed E-state index contributed by atoms with van der Waals surface area (Å²) in [7, 11) is 0. The summed E-state index contributed by atoms with van der Waals surface area (Å²) >= 11 is 5.94. The maximum Gasteiger partial charge on any atom is 0.321 e. The van der Waals surface area contributed by atoms with Gasteiger partial charge in [0.05, 0.1) is 12.7 Å². The second kappa shape index (κ2) is 8.32. The van der Waals surface area contributed by atoms with Crippen LogP contribution in [0.25, 0.3) is 0 Å². The zero-order chi connectivity index (χ0) is 17.6. The lowest BCUT2D eigenvalue weighted by atomic mass is 10.1. The highest BCUT2D eigenvalue weighted by molar-refractivity contribution is 6.30. The lowest BCUT2D eigenvalue weighted by molar-refractivity contribution is 0.000999. The van der Waals surface area contributed by atoms with E-state index in [0.717, 1.165) is 18.4 Å². The Morgan fingerprint density at radius 2 is 2.08 bits per heavy atom. The number of hydrogen-bond donors (Lipinski definition) is 1. The monoisotopic (exact) mass is 362 g/mol. The number of benzene rings is 2. The van der Waals surface area contributed by atoms with Crippen molar-refractivity contribution in [3.05, 3.63) is 64.9 Å². The molecule has 0 aromatic heterocycles. The van der Waals surface area contributed by atoms with Gasteiger partial charge in [0.15, 0.2) is 0 Å². The second-order valence-electron chi connectivity index (χ2n) is 6.09. The van der Waals surface area contributed by atoms with Gasteiger partial charge >= 0.3 is 6.03 Å². The van der Waals surface area contributed by atoms with E-state index in [9.17, 15) is 9.18 Å². The number of anilines is 1. The van der Waals surface area contributed by atoms with Crippen molar-refractivity contribution < 1.29 is 13.9 Å². The molecule has 0 aliphatic carbocycles. The maximum atomic E-state index is 12.9. The molecule has 0 spiro atoms. The molecular weight excluding hydrogens is 343 g/mol. The molecule has 1 saturated heterocycles. The highest BCUT2D eigenvalue weighted by atomic mass is 35.5. The van der Waals surface area contributed by atoms with E-state index in [1.807, 2.05) is 0 Å². The number of halogens is 2. The fourth-order valence-corrected chi connectivity index (χ4v) is 3.01. The van der Waals surface area contributed by atoms with Gasteiger partial charge in [-0.25, -0.2) is 9.18 Å². The zero-order valence-corrected chi connectivity index (χ0v) is 14.5. The molecule has 2 aromatic carbocycles.